The van der Waals surface area contributed by atoms with Crippen LogP contribution in [0.2, 0.25) is 0 Å². The van der Waals surface area contributed by atoms with Gasteiger partial charge in [-0.1, -0.05) is 12.1 Å². The van der Waals surface area contributed by atoms with Gasteiger partial charge in [-0.2, -0.15) is 0 Å². The molecular formula is C15H21NO4. The summed E-state index contributed by atoms with van der Waals surface area (Å²) in [5.74, 6) is 1.61. The fourth-order valence-electron chi connectivity index (χ4n) is 2.69. The summed E-state index contributed by atoms with van der Waals surface area (Å²) in [6.07, 6.45) is 0.549. The van der Waals surface area contributed by atoms with Gasteiger partial charge in [0.15, 0.2) is 11.5 Å². The van der Waals surface area contributed by atoms with Gasteiger partial charge in [-0.05, 0) is 13.0 Å². The summed E-state index contributed by atoms with van der Waals surface area (Å²) in [6, 6.07) is 5.89. The molecule has 1 fully saturated rings. The Balaban J connectivity index is 1.62. The van der Waals surface area contributed by atoms with Crippen LogP contribution in [0.4, 0.5) is 0 Å². The van der Waals surface area contributed by atoms with Crippen LogP contribution < -0.4 is 14.8 Å². The Morgan fingerprint density at radius 1 is 1.30 bits per heavy atom. The summed E-state index contributed by atoms with van der Waals surface area (Å²) >= 11 is 0. The summed E-state index contributed by atoms with van der Waals surface area (Å²) in [6.45, 7) is 4.87. The summed E-state index contributed by atoms with van der Waals surface area (Å²) in [4.78, 5) is 0. The molecule has 20 heavy (non-hydrogen) atoms. The summed E-state index contributed by atoms with van der Waals surface area (Å²) in [7, 11) is 0. The molecule has 2 aliphatic heterocycles. The molecule has 2 unspecified atom stereocenters. The molecule has 110 valence electrons. The van der Waals surface area contributed by atoms with Gasteiger partial charge in [0.25, 0.3) is 0 Å². The Bertz CT molecular complexity index is 479. The molecule has 0 amide bonds. The predicted octanol–water partition coefficient (Wildman–Crippen LogP) is 1.09. The lowest BCUT2D eigenvalue weighted by molar-refractivity contribution is -0.0263. The van der Waals surface area contributed by atoms with Crippen LogP contribution >= 0.6 is 0 Å². The van der Waals surface area contributed by atoms with E-state index in [-0.39, 0.29) is 6.10 Å². The van der Waals surface area contributed by atoms with Crippen molar-refractivity contribution < 1.29 is 19.3 Å². The van der Waals surface area contributed by atoms with Gasteiger partial charge >= 0.3 is 0 Å². The second kappa shape index (κ2) is 5.60. The van der Waals surface area contributed by atoms with E-state index in [2.05, 4.69) is 5.32 Å². The molecule has 0 radical (unpaired) electrons. The van der Waals surface area contributed by atoms with Gasteiger partial charge in [-0.25, -0.2) is 0 Å². The first-order chi connectivity index (χ1) is 9.69. The highest BCUT2D eigenvalue weighted by molar-refractivity contribution is 5.47. The van der Waals surface area contributed by atoms with Crippen LogP contribution in [0.25, 0.3) is 0 Å². The summed E-state index contributed by atoms with van der Waals surface area (Å²) in [5.41, 5.74) is 0.281. The van der Waals surface area contributed by atoms with Crippen LogP contribution in [0.3, 0.4) is 0 Å². The molecule has 2 N–H and O–H groups in total. The molecule has 0 aromatic heterocycles. The van der Waals surface area contributed by atoms with E-state index in [9.17, 15) is 5.11 Å². The van der Waals surface area contributed by atoms with Crippen molar-refractivity contribution in [3.05, 3.63) is 23.8 Å². The maximum atomic E-state index is 10.4. The lowest BCUT2D eigenvalue weighted by Crippen LogP contribution is -2.45. The number of hydrogen-bond acceptors (Lipinski definition) is 5. The van der Waals surface area contributed by atoms with Gasteiger partial charge in [0.05, 0.1) is 6.10 Å². The van der Waals surface area contributed by atoms with Crippen molar-refractivity contribution in [1.29, 1.82) is 0 Å². The fourth-order valence-corrected chi connectivity index (χ4v) is 2.69. The Kier molecular flexibility index (Phi) is 3.83. The number of ether oxygens (including phenoxy) is 3. The first-order valence-electron chi connectivity index (χ1n) is 7.11. The maximum Gasteiger partial charge on any atom is 0.165 e. The molecule has 1 saturated heterocycles. The standard InChI is InChI=1S/C15H21NO4/c1-11-15(17,5-6-18-11)10-16-9-12-3-2-4-13-14(12)20-8-7-19-13/h2-4,11,16-17H,5-10H2,1H3. The summed E-state index contributed by atoms with van der Waals surface area (Å²) < 4.78 is 16.7. The molecule has 0 saturated carbocycles. The molecule has 5 heteroatoms. The molecule has 2 atom stereocenters. The van der Waals surface area contributed by atoms with Crippen LogP contribution in [0, 0.1) is 0 Å². The summed E-state index contributed by atoms with van der Waals surface area (Å²) in [5, 5.41) is 13.7. The highest BCUT2D eigenvalue weighted by Crippen LogP contribution is 2.33. The molecule has 0 aliphatic carbocycles. The third-order valence-corrected chi connectivity index (χ3v) is 4.05. The fraction of sp³-hybridized carbons (Fsp3) is 0.600. The number of rotatable bonds is 4. The highest BCUT2D eigenvalue weighted by atomic mass is 16.6. The third kappa shape index (κ3) is 2.61. The van der Waals surface area contributed by atoms with Crippen molar-refractivity contribution in [2.24, 2.45) is 0 Å². The molecule has 2 aliphatic rings. The number of aliphatic hydroxyl groups is 1. The minimum atomic E-state index is -0.772. The topological polar surface area (TPSA) is 60.0 Å². The van der Waals surface area contributed by atoms with E-state index in [4.69, 9.17) is 14.2 Å². The molecule has 2 heterocycles. The number of fused-ring (bicyclic) bond motifs is 1. The second-order valence-electron chi connectivity index (χ2n) is 5.41. The van der Waals surface area contributed by atoms with Gasteiger partial charge < -0.3 is 24.6 Å². The maximum absolute atomic E-state index is 10.4. The minimum Gasteiger partial charge on any atom is -0.486 e. The SMILES string of the molecule is CC1OCCC1(O)CNCc1cccc2c1OCCO2. The van der Waals surface area contributed by atoms with Crippen molar-refractivity contribution in [3.63, 3.8) is 0 Å². The lowest BCUT2D eigenvalue weighted by Gasteiger charge is -2.27. The first kappa shape index (κ1) is 13.7. The van der Waals surface area contributed by atoms with Gasteiger partial charge in [0.2, 0.25) is 0 Å². The van der Waals surface area contributed by atoms with Gasteiger partial charge in [0.1, 0.15) is 18.8 Å². The monoisotopic (exact) mass is 279 g/mol. The number of hydrogen-bond donors (Lipinski definition) is 2. The van der Waals surface area contributed by atoms with Gasteiger partial charge in [-0.3, -0.25) is 0 Å². The first-order valence-corrected chi connectivity index (χ1v) is 7.11. The largest absolute Gasteiger partial charge is 0.486 e. The number of nitrogens with one attached hydrogen (secondary N) is 1. The number of benzene rings is 1. The van der Waals surface area contributed by atoms with Crippen molar-refractivity contribution in [1.82, 2.24) is 5.32 Å². The molecule has 0 spiro atoms. The van der Waals surface area contributed by atoms with E-state index in [0.717, 1.165) is 17.1 Å². The van der Waals surface area contributed by atoms with Crippen LogP contribution in [-0.2, 0) is 11.3 Å². The Labute approximate surface area is 118 Å². The van der Waals surface area contributed by atoms with E-state index in [1.165, 1.54) is 0 Å². The van der Waals surface area contributed by atoms with Gasteiger partial charge in [-0.15, -0.1) is 0 Å². The van der Waals surface area contributed by atoms with Crippen molar-refractivity contribution in [2.45, 2.75) is 31.6 Å². The normalized spacial score (nSPS) is 28.6. The van der Waals surface area contributed by atoms with Gasteiger partial charge in [0, 0.05) is 31.7 Å². The predicted molar refractivity (Wildman–Crippen MR) is 74.1 cm³/mol. The Morgan fingerprint density at radius 3 is 2.95 bits per heavy atom. The van der Waals surface area contributed by atoms with Crippen LogP contribution in [-0.4, -0.2) is 43.2 Å². The Morgan fingerprint density at radius 2 is 2.15 bits per heavy atom. The van der Waals surface area contributed by atoms with Crippen LogP contribution in [0.5, 0.6) is 11.5 Å². The lowest BCUT2D eigenvalue weighted by atomic mass is 9.96. The molecular weight excluding hydrogens is 258 g/mol. The zero-order valence-corrected chi connectivity index (χ0v) is 11.7. The highest BCUT2D eigenvalue weighted by Gasteiger charge is 2.39. The zero-order chi connectivity index (χ0) is 14.0. The van der Waals surface area contributed by atoms with Crippen LogP contribution in [0.1, 0.15) is 18.9 Å². The van der Waals surface area contributed by atoms with Crippen LogP contribution in [0.15, 0.2) is 18.2 Å². The second-order valence-corrected chi connectivity index (χ2v) is 5.41. The molecule has 3 rings (SSSR count). The van der Waals surface area contributed by atoms with Crippen molar-refractivity contribution in [3.8, 4) is 11.5 Å². The van der Waals surface area contributed by atoms with Crippen molar-refractivity contribution >= 4 is 0 Å². The molecule has 1 aromatic carbocycles. The average molecular weight is 279 g/mol. The van der Waals surface area contributed by atoms with E-state index in [1.807, 2.05) is 25.1 Å². The molecule has 1 aromatic rings. The molecule has 0 bridgehead atoms. The van der Waals surface area contributed by atoms with Crippen molar-refractivity contribution in [2.75, 3.05) is 26.4 Å². The smallest absolute Gasteiger partial charge is 0.165 e. The van der Waals surface area contributed by atoms with E-state index in [1.54, 1.807) is 0 Å². The zero-order valence-electron chi connectivity index (χ0n) is 11.7. The third-order valence-electron chi connectivity index (χ3n) is 4.05. The van der Waals surface area contributed by atoms with E-state index < -0.39 is 5.60 Å². The average Bonchev–Trinajstić information content (AvgIpc) is 2.79. The van der Waals surface area contributed by atoms with E-state index >= 15 is 0 Å². The number of para-hydroxylation sites is 1. The Hall–Kier alpha value is -1.30. The van der Waals surface area contributed by atoms with E-state index in [0.29, 0.717) is 39.3 Å². The molecule has 5 nitrogen and oxygen atoms in total. The minimum absolute atomic E-state index is 0.126. The quantitative estimate of drug-likeness (QED) is 0.864.